The minimum absolute atomic E-state index is 0.115. The summed E-state index contributed by atoms with van der Waals surface area (Å²) in [7, 11) is 0. The van der Waals surface area contributed by atoms with Crippen LogP contribution in [-0.4, -0.2) is 15.9 Å². The molecule has 122 valence electrons. The maximum atomic E-state index is 12.4. The Bertz CT molecular complexity index is 1050. The number of nitrogens with one attached hydrogen (secondary N) is 2. The third-order valence-corrected chi connectivity index (χ3v) is 4.19. The van der Waals surface area contributed by atoms with Gasteiger partial charge in [0.05, 0.1) is 0 Å². The van der Waals surface area contributed by atoms with Gasteiger partial charge in [0.1, 0.15) is 0 Å². The normalized spacial score (nSPS) is 10.8. The summed E-state index contributed by atoms with van der Waals surface area (Å²) in [5.41, 5.74) is 5.62. The standard InChI is InChI=1S/C21H17N3O/c1-14-12-16(8-10-22-14)15-2-5-19(6-3-15)24-21(25)18-4-7-20-17(13-18)9-11-23-20/h2-13,23H,1H3,(H,24,25). The van der Waals surface area contributed by atoms with Gasteiger partial charge in [-0.05, 0) is 66.6 Å². The largest absolute Gasteiger partial charge is 0.361 e. The average molecular weight is 327 g/mol. The first kappa shape index (κ1) is 15.1. The number of benzene rings is 2. The summed E-state index contributed by atoms with van der Waals surface area (Å²) in [5, 5.41) is 3.97. The predicted octanol–water partition coefficient (Wildman–Crippen LogP) is 4.79. The van der Waals surface area contributed by atoms with Crippen LogP contribution in [0.5, 0.6) is 0 Å². The Labute approximate surface area is 145 Å². The molecule has 2 aromatic heterocycles. The molecule has 0 bridgehead atoms. The van der Waals surface area contributed by atoms with E-state index in [0.717, 1.165) is 33.4 Å². The fourth-order valence-electron chi connectivity index (χ4n) is 2.87. The molecule has 0 atom stereocenters. The molecule has 4 rings (SSSR count). The van der Waals surface area contributed by atoms with Crippen LogP contribution in [-0.2, 0) is 0 Å². The molecule has 1 amide bonds. The summed E-state index contributed by atoms with van der Waals surface area (Å²) in [6.07, 6.45) is 3.67. The number of nitrogens with zero attached hydrogens (tertiary/aromatic N) is 1. The lowest BCUT2D eigenvalue weighted by atomic mass is 10.1. The quantitative estimate of drug-likeness (QED) is 0.568. The van der Waals surface area contributed by atoms with Gasteiger partial charge in [0.25, 0.3) is 5.91 Å². The van der Waals surface area contributed by atoms with Crippen LogP contribution < -0.4 is 5.32 Å². The SMILES string of the molecule is Cc1cc(-c2ccc(NC(=O)c3ccc4[nH]ccc4c3)cc2)ccn1. The van der Waals surface area contributed by atoms with Crippen molar-refractivity contribution >= 4 is 22.5 Å². The van der Waals surface area contributed by atoms with Crippen molar-refractivity contribution in [3.05, 3.63) is 84.3 Å². The third-order valence-electron chi connectivity index (χ3n) is 4.19. The number of rotatable bonds is 3. The van der Waals surface area contributed by atoms with Crippen LogP contribution in [0.1, 0.15) is 16.1 Å². The lowest BCUT2D eigenvalue weighted by Gasteiger charge is -2.07. The molecule has 0 aliphatic carbocycles. The van der Waals surface area contributed by atoms with Crippen LogP contribution in [0.15, 0.2) is 73.1 Å². The lowest BCUT2D eigenvalue weighted by molar-refractivity contribution is 0.102. The van der Waals surface area contributed by atoms with E-state index in [1.165, 1.54) is 0 Å². The van der Waals surface area contributed by atoms with Gasteiger partial charge in [0.15, 0.2) is 0 Å². The second-order valence-electron chi connectivity index (χ2n) is 6.00. The molecule has 2 aromatic carbocycles. The summed E-state index contributed by atoms with van der Waals surface area (Å²) in [6, 6.07) is 19.4. The van der Waals surface area contributed by atoms with Crippen molar-refractivity contribution in [1.82, 2.24) is 9.97 Å². The highest BCUT2D eigenvalue weighted by atomic mass is 16.1. The van der Waals surface area contributed by atoms with E-state index in [-0.39, 0.29) is 5.91 Å². The van der Waals surface area contributed by atoms with Crippen molar-refractivity contribution < 1.29 is 4.79 Å². The Morgan fingerprint density at radius 1 is 0.960 bits per heavy atom. The number of aromatic nitrogens is 2. The monoisotopic (exact) mass is 327 g/mol. The molecule has 0 saturated heterocycles. The molecule has 4 heteroatoms. The zero-order chi connectivity index (χ0) is 17.2. The molecule has 0 fully saturated rings. The summed E-state index contributed by atoms with van der Waals surface area (Å²) < 4.78 is 0. The predicted molar refractivity (Wildman–Crippen MR) is 101 cm³/mol. The van der Waals surface area contributed by atoms with Crippen LogP contribution in [0.2, 0.25) is 0 Å². The van der Waals surface area contributed by atoms with E-state index in [1.807, 2.05) is 73.8 Å². The number of H-pyrrole nitrogens is 1. The Morgan fingerprint density at radius 2 is 1.80 bits per heavy atom. The number of pyridine rings is 1. The molecule has 2 N–H and O–H groups in total. The Hall–Kier alpha value is -3.40. The first-order valence-corrected chi connectivity index (χ1v) is 8.11. The van der Waals surface area contributed by atoms with E-state index in [4.69, 9.17) is 0 Å². The maximum absolute atomic E-state index is 12.4. The van der Waals surface area contributed by atoms with E-state index in [9.17, 15) is 4.79 Å². The summed E-state index contributed by atoms with van der Waals surface area (Å²) >= 11 is 0. The van der Waals surface area contributed by atoms with Gasteiger partial charge in [-0.25, -0.2) is 0 Å². The molecule has 0 spiro atoms. The molecule has 0 saturated carbocycles. The number of aryl methyl sites for hydroxylation is 1. The van der Waals surface area contributed by atoms with Gasteiger partial charge in [-0.15, -0.1) is 0 Å². The second kappa shape index (κ2) is 6.24. The van der Waals surface area contributed by atoms with E-state index < -0.39 is 0 Å². The molecule has 4 nitrogen and oxygen atoms in total. The minimum Gasteiger partial charge on any atom is -0.361 e. The van der Waals surface area contributed by atoms with Crippen LogP contribution in [0, 0.1) is 6.92 Å². The van der Waals surface area contributed by atoms with Gasteiger partial charge in [0.2, 0.25) is 0 Å². The molecule has 4 aromatic rings. The highest BCUT2D eigenvalue weighted by molar-refractivity contribution is 6.06. The zero-order valence-corrected chi connectivity index (χ0v) is 13.8. The van der Waals surface area contributed by atoms with Crippen molar-refractivity contribution in [2.24, 2.45) is 0 Å². The molecule has 0 aliphatic rings. The van der Waals surface area contributed by atoms with Crippen molar-refractivity contribution in [1.29, 1.82) is 0 Å². The summed E-state index contributed by atoms with van der Waals surface area (Å²) in [4.78, 5) is 19.8. The molecule has 0 unspecified atom stereocenters. The third kappa shape index (κ3) is 3.15. The van der Waals surface area contributed by atoms with Crippen LogP contribution in [0.25, 0.3) is 22.0 Å². The van der Waals surface area contributed by atoms with Crippen LogP contribution in [0.4, 0.5) is 5.69 Å². The topological polar surface area (TPSA) is 57.8 Å². The molecule has 0 radical (unpaired) electrons. The molecular formula is C21H17N3O. The number of amides is 1. The average Bonchev–Trinajstić information content (AvgIpc) is 3.10. The second-order valence-corrected chi connectivity index (χ2v) is 6.00. The number of carbonyl (C=O) groups excluding carboxylic acids is 1. The van der Waals surface area contributed by atoms with Crippen LogP contribution >= 0.6 is 0 Å². The summed E-state index contributed by atoms with van der Waals surface area (Å²) in [5.74, 6) is -0.115. The van der Waals surface area contributed by atoms with E-state index in [1.54, 1.807) is 6.20 Å². The van der Waals surface area contributed by atoms with Gasteiger partial charge in [-0.3, -0.25) is 9.78 Å². The van der Waals surface area contributed by atoms with Crippen LogP contribution in [0.3, 0.4) is 0 Å². The van der Waals surface area contributed by atoms with Gasteiger partial charge < -0.3 is 10.3 Å². The molecule has 2 heterocycles. The molecule has 0 aliphatic heterocycles. The Balaban J connectivity index is 1.53. The van der Waals surface area contributed by atoms with Gasteiger partial charge in [0, 0.05) is 40.2 Å². The zero-order valence-electron chi connectivity index (χ0n) is 13.8. The molecule has 25 heavy (non-hydrogen) atoms. The number of hydrogen-bond acceptors (Lipinski definition) is 2. The van der Waals surface area contributed by atoms with Gasteiger partial charge >= 0.3 is 0 Å². The van der Waals surface area contributed by atoms with Gasteiger partial charge in [-0.1, -0.05) is 12.1 Å². The number of aromatic amines is 1. The highest BCUT2D eigenvalue weighted by Gasteiger charge is 2.08. The number of hydrogen-bond donors (Lipinski definition) is 2. The highest BCUT2D eigenvalue weighted by Crippen LogP contribution is 2.22. The first-order chi connectivity index (χ1) is 12.2. The minimum atomic E-state index is -0.115. The van der Waals surface area contributed by atoms with Crippen molar-refractivity contribution in [2.75, 3.05) is 5.32 Å². The first-order valence-electron chi connectivity index (χ1n) is 8.11. The number of fused-ring (bicyclic) bond motifs is 1. The number of anilines is 1. The smallest absolute Gasteiger partial charge is 0.255 e. The van der Waals surface area contributed by atoms with Gasteiger partial charge in [-0.2, -0.15) is 0 Å². The fourth-order valence-corrected chi connectivity index (χ4v) is 2.87. The Morgan fingerprint density at radius 3 is 2.60 bits per heavy atom. The fraction of sp³-hybridized carbons (Fsp3) is 0.0476. The molecular weight excluding hydrogens is 310 g/mol. The van der Waals surface area contributed by atoms with E-state index in [2.05, 4.69) is 15.3 Å². The lowest BCUT2D eigenvalue weighted by Crippen LogP contribution is -2.11. The number of carbonyl (C=O) groups is 1. The van der Waals surface area contributed by atoms with E-state index >= 15 is 0 Å². The summed E-state index contributed by atoms with van der Waals surface area (Å²) in [6.45, 7) is 1.97. The van der Waals surface area contributed by atoms with Crippen molar-refractivity contribution in [3.63, 3.8) is 0 Å². The van der Waals surface area contributed by atoms with E-state index in [0.29, 0.717) is 5.56 Å². The Kier molecular flexibility index (Phi) is 3.78. The maximum Gasteiger partial charge on any atom is 0.255 e. The van der Waals surface area contributed by atoms with Crippen molar-refractivity contribution in [3.8, 4) is 11.1 Å². The van der Waals surface area contributed by atoms with Crippen molar-refractivity contribution in [2.45, 2.75) is 6.92 Å².